The maximum Gasteiger partial charge on any atom is 0.133 e. The van der Waals surface area contributed by atoms with Crippen molar-refractivity contribution < 1.29 is 4.74 Å². The Morgan fingerprint density at radius 3 is 2.12 bits per heavy atom. The number of ether oxygens (including phenoxy) is 1. The number of allylic oxidation sites excluding steroid dienone is 1. The molecule has 0 saturated carbocycles. The predicted octanol–water partition coefficient (Wildman–Crippen LogP) is 8.24. The second-order valence-electron chi connectivity index (χ2n) is 7.89. The minimum Gasteiger partial charge on any atom is -0.488 e. The van der Waals surface area contributed by atoms with E-state index in [9.17, 15) is 5.26 Å². The normalized spacial score (nSPS) is 11.5. The average Bonchev–Trinajstić information content (AvgIpc) is 2.86. The molecular formula is C30H20INO. The number of halogens is 1. The van der Waals surface area contributed by atoms with Crippen LogP contribution < -0.4 is 4.74 Å². The van der Waals surface area contributed by atoms with Crippen molar-refractivity contribution in [1.29, 1.82) is 5.26 Å². The number of benzene rings is 5. The Labute approximate surface area is 206 Å². The van der Waals surface area contributed by atoms with E-state index in [-0.39, 0.29) is 0 Å². The van der Waals surface area contributed by atoms with Gasteiger partial charge in [0.1, 0.15) is 12.4 Å². The molecule has 0 amide bonds. The van der Waals surface area contributed by atoms with Crippen molar-refractivity contribution in [2.45, 2.75) is 6.61 Å². The Balaban J connectivity index is 1.35. The van der Waals surface area contributed by atoms with E-state index in [0.717, 1.165) is 31.4 Å². The summed E-state index contributed by atoms with van der Waals surface area (Å²) in [5.41, 5.74) is 3.67. The minimum absolute atomic E-state index is 0.510. The number of nitriles is 1. The first kappa shape index (κ1) is 21.2. The topological polar surface area (TPSA) is 33.0 Å². The number of nitrogens with zero attached hydrogens (tertiary/aromatic N) is 1. The lowest BCUT2D eigenvalue weighted by Gasteiger charge is -2.10. The van der Waals surface area contributed by atoms with E-state index in [1.807, 2.05) is 36.4 Å². The zero-order valence-corrected chi connectivity index (χ0v) is 20.0. The van der Waals surface area contributed by atoms with E-state index in [1.165, 1.54) is 16.2 Å². The van der Waals surface area contributed by atoms with Crippen LogP contribution in [0.4, 0.5) is 0 Å². The number of fused-ring (bicyclic) bond motifs is 2. The first-order valence-corrected chi connectivity index (χ1v) is 11.8. The van der Waals surface area contributed by atoms with Gasteiger partial charge in [0, 0.05) is 0 Å². The van der Waals surface area contributed by atoms with E-state index in [0.29, 0.717) is 12.2 Å². The molecule has 0 aliphatic rings. The van der Waals surface area contributed by atoms with Gasteiger partial charge in [-0.1, -0.05) is 78.9 Å². The largest absolute Gasteiger partial charge is 0.488 e. The third kappa shape index (κ3) is 4.76. The van der Waals surface area contributed by atoms with E-state index < -0.39 is 0 Å². The fourth-order valence-electron chi connectivity index (χ4n) is 3.92. The van der Waals surface area contributed by atoms with Crippen LogP contribution >= 0.6 is 22.6 Å². The summed E-state index contributed by atoms with van der Waals surface area (Å²) in [7, 11) is 0. The molecule has 0 aliphatic carbocycles. The molecule has 3 heteroatoms. The molecule has 0 fully saturated rings. The molecule has 158 valence electrons. The van der Waals surface area contributed by atoms with Crippen LogP contribution in [-0.2, 0) is 6.61 Å². The second kappa shape index (κ2) is 9.48. The highest BCUT2D eigenvalue weighted by atomic mass is 127. The fraction of sp³-hybridized carbons (Fsp3) is 0.0333. The van der Waals surface area contributed by atoms with Gasteiger partial charge in [-0.2, -0.15) is 5.26 Å². The average molecular weight is 537 g/mol. The molecule has 0 atom stereocenters. The van der Waals surface area contributed by atoms with Crippen molar-refractivity contribution in [2.24, 2.45) is 0 Å². The molecule has 5 rings (SSSR count). The Morgan fingerprint density at radius 2 is 1.42 bits per heavy atom. The van der Waals surface area contributed by atoms with Gasteiger partial charge >= 0.3 is 0 Å². The number of hydrogen-bond acceptors (Lipinski definition) is 2. The Morgan fingerprint density at radius 1 is 0.758 bits per heavy atom. The Kier molecular flexibility index (Phi) is 6.10. The molecule has 0 bridgehead atoms. The summed E-state index contributed by atoms with van der Waals surface area (Å²) in [4.78, 5) is 0. The van der Waals surface area contributed by atoms with Crippen LogP contribution in [0.5, 0.6) is 5.75 Å². The van der Waals surface area contributed by atoms with Crippen LogP contribution in [0.1, 0.15) is 16.7 Å². The van der Waals surface area contributed by atoms with Crippen molar-refractivity contribution in [3.8, 4) is 11.8 Å². The molecule has 0 aromatic heterocycles. The molecule has 33 heavy (non-hydrogen) atoms. The maximum atomic E-state index is 9.78. The van der Waals surface area contributed by atoms with E-state index >= 15 is 0 Å². The molecule has 0 heterocycles. The van der Waals surface area contributed by atoms with Crippen LogP contribution in [0.2, 0.25) is 0 Å². The van der Waals surface area contributed by atoms with Crippen LogP contribution in [0.15, 0.2) is 103 Å². The van der Waals surface area contributed by atoms with E-state index in [4.69, 9.17) is 4.74 Å². The minimum atomic E-state index is 0.510. The molecule has 5 aromatic carbocycles. The summed E-state index contributed by atoms with van der Waals surface area (Å²) in [6.07, 6.45) is 1.93. The maximum absolute atomic E-state index is 9.78. The Bertz CT molecular complexity index is 1540. The van der Waals surface area contributed by atoms with Gasteiger partial charge in [0.25, 0.3) is 0 Å². The summed E-state index contributed by atoms with van der Waals surface area (Å²) < 4.78 is 7.11. The monoisotopic (exact) mass is 537 g/mol. The zero-order valence-electron chi connectivity index (χ0n) is 17.8. The summed E-state index contributed by atoms with van der Waals surface area (Å²) in [6.45, 7) is 0.510. The number of rotatable bonds is 5. The number of hydrogen-bond donors (Lipinski definition) is 0. The molecule has 0 N–H and O–H groups in total. The van der Waals surface area contributed by atoms with Crippen molar-refractivity contribution >= 4 is 55.8 Å². The van der Waals surface area contributed by atoms with Crippen molar-refractivity contribution in [3.05, 3.63) is 123 Å². The van der Waals surface area contributed by atoms with Gasteiger partial charge in [-0.3, -0.25) is 0 Å². The third-order valence-electron chi connectivity index (χ3n) is 5.66. The van der Waals surface area contributed by atoms with Crippen molar-refractivity contribution in [1.82, 2.24) is 0 Å². The zero-order chi connectivity index (χ0) is 22.6. The van der Waals surface area contributed by atoms with Crippen LogP contribution in [0, 0.1) is 14.9 Å². The van der Waals surface area contributed by atoms with Gasteiger partial charge in [-0.15, -0.1) is 0 Å². The molecule has 0 unspecified atom stereocenters. The molecule has 0 aliphatic heterocycles. The molecule has 0 radical (unpaired) electrons. The molecule has 0 spiro atoms. The lowest BCUT2D eigenvalue weighted by atomic mass is 10.0. The summed E-state index contributed by atoms with van der Waals surface area (Å²) in [6, 6.07) is 37.4. The third-order valence-corrected chi connectivity index (χ3v) is 6.50. The highest BCUT2D eigenvalue weighted by Crippen LogP contribution is 2.27. The van der Waals surface area contributed by atoms with Gasteiger partial charge in [-0.05, 0) is 91.2 Å². The SMILES string of the molecule is N#C/C(=C/c1ccc(OCc2ccc3ccccc3c2)c(I)c1)c1ccc2ccccc2c1. The Hall–Kier alpha value is -3.62. The van der Waals surface area contributed by atoms with Crippen molar-refractivity contribution in [3.63, 3.8) is 0 Å². The highest BCUT2D eigenvalue weighted by Gasteiger charge is 2.06. The van der Waals surface area contributed by atoms with Crippen LogP contribution in [0.3, 0.4) is 0 Å². The van der Waals surface area contributed by atoms with Gasteiger partial charge < -0.3 is 4.74 Å². The first-order chi connectivity index (χ1) is 16.2. The van der Waals surface area contributed by atoms with Crippen LogP contribution in [0.25, 0.3) is 33.2 Å². The first-order valence-electron chi connectivity index (χ1n) is 10.7. The van der Waals surface area contributed by atoms with E-state index in [2.05, 4.69) is 101 Å². The summed E-state index contributed by atoms with van der Waals surface area (Å²) in [5.74, 6) is 0.838. The molecular weight excluding hydrogens is 517 g/mol. The van der Waals surface area contributed by atoms with Gasteiger partial charge in [0.05, 0.1) is 15.2 Å². The predicted molar refractivity (Wildman–Crippen MR) is 145 cm³/mol. The standard InChI is InChI=1S/C30H20INO/c31-29-17-21(15-28(19-32)27-13-12-24-6-2-4-8-26(24)18-27)10-14-30(29)33-20-22-9-11-23-5-1-3-7-25(23)16-22/h1-18H,20H2/b28-15-. The molecule has 2 nitrogen and oxygen atoms in total. The molecule has 0 saturated heterocycles. The second-order valence-corrected chi connectivity index (χ2v) is 9.05. The van der Waals surface area contributed by atoms with Crippen molar-refractivity contribution in [2.75, 3.05) is 0 Å². The van der Waals surface area contributed by atoms with Gasteiger partial charge in [0.15, 0.2) is 0 Å². The van der Waals surface area contributed by atoms with Gasteiger partial charge in [0.2, 0.25) is 0 Å². The smallest absolute Gasteiger partial charge is 0.133 e. The highest BCUT2D eigenvalue weighted by molar-refractivity contribution is 14.1. The van der Waals surface area contributed by atoms with E-state index in [1.54, 1.807) is 0 Å². The lowest BCUT2D eigenvalue weighted by molar-refractivity contribution is 0.304. The fourth-order valence-corrected chi connectivity index (χ4v) is 4.61. The molecule has 5 aromatic rings. The lowest BCUT2D eigenvalue weighted by Crippen LogP contribution is -1.97. The van der Waals surface area contributed by atoms with Crippen LogP contribution in [-0.4, -0.2) is 0 Å². The summed E-state index contributed by atoms with van der Waals surface area (Å²) in [5, 5.41) is 14.5. The quantitative estimate of drug-likeness (QED) is 0.129. The summed E-state index contributed by atoms with van der Waals surface area (Å²) >= 11 is 2.29. The van der Waals surface area contributed by atoms with Gasteiger partial charge in [-0.25, -0.2) is 0 Å².